The van der Waals surface area contributed by atoms with Crippen LogP contribution in [0.3, 0.4) is 0 Å². The third kappa shape index (κ3) is 2.11. The van der Waals surface area contributed by atoms with Crippen LogP contribution in [0.5, 0.6) is 0 Å². The number of aromatic nitrogens is 1. The molecule has 16 heavy (non-hydrogen) atoms. The molecule has 0 atom stereocenters. The predicted octanol–water partition coefficient (Wildman–Crippen LogP) is 3.71. The molecule has 0 saturated heterocycles. The second-order valence-electron chi connectivity index (χ2n) is 3.27. The zero-order valence-electron chi connectivity index (χ0n) is 9.02. The molecule has 2 rings (SSSR count). The van der Waals surface area contributed by atoms with Gasteiger partial charge in [0.1, 0.15) is 16.0 Å². The van der Waals surface area contributed by atoms with Gasteiger partial charge in [0, 0.05) is 10.5 Å². The summed E-state index contributed by atoms with van der Waals surface area (Å²) in [6.45, 7) is 1.87. The van der Waals surface area contributed by atoms with Crippen LogP contribution in [-0.2, 0) is 0 Å². The Morgan fingerprint density at radius 3 is 2.50 bits per heavy atom. The van der Waals surface area contributed by atoms with Crippen LogP contribution in [0.4, 0.5) is 0 Å². The van der Waals surface area contributed by atoms with Crippen molar-refractivity contribution in [2.45, 2.75) is 11.8 Å². The number of nitrogens with zero attached hydrogens (tertiary/aromatic N) is 2. The second kappa shape index (κ2) is 4.69. The first-order valence-electron chi connectivity index (χ1n) is 4.76. The van der Waals surface area contributed by atoms with Gasteiger partial charge in [0.25, 0.3) is 0 Å². The zero-order valence-corrected chi connectivity index (χ0v) is 10.7. The van der Waals surface area contributed by atoms with E-state index in [1.165, 1.54) is 16.2 Å². The lowest BCUT2D eigenvalue weighted by atomic mass is 10.2. The predicted molar refractivity (Wildman–Crippen MR) is 68.8 cm³/mol. The number of rotatable bonds is 2. The average Bonchev–Trinajstić information content (AvgIpc) is 2.71. The van der Waals surface area contributed by atoms with Crippen molar-refractivity contribution in [3.05, 3.63) is 34.8 Å². The van der Waals surface area contributed by atoms with E-state index in [4.69, 9.17) is 5.26 Å². The highest BCUT2D eigenvalue weighted by molar-refractivity contribution is 7.98. The number of hydrogen-bond acceptors (Lipinski definition) is 4. The Kier molecular flexibility index (Phi) is 3.28. The average molecular weight is 246 g/mol. The molecule has 0 spiro atoms. The molecule has 1 aromatic heterocycles. The maximum Gasteiger partial charge on any atom is 0.128 e. The van der Waals surface area contributed by atoms with Gasteiger partial charge in [0.15, 0.2) is 0 Å². The van der Waals surface area contributed by atoms with Crippen molar-refractivity contribution in [2.75, 3.05) is 6.26 Å². The molecular weight excluding hydrogens is 236 g/mol. The van der Waals surface area contributed by atoms with Crippen molar-refractivity contribution in [2.24, 2.45) is 0 Å². The molecule has 4 heteroatoms. The first-order valence-corrected chi connectivity index (χ1v) is 6.80. The third-order valence-electron chi connectivity index (χ3n) is 2.24. The molecule has 80 valence electrons. The maximum atomic E-state index is 8.88. The topological polar surface area (TPSA) is 36.7 Å². The molecule has 1 aromatic carbocycles. The van der Waals surface area contributed by atoms with Crippen molar-refractivity contribution in [3.63, 3.8) is 0 Å². The molecule has 0 aliphatic carbocycles. The number of thioether (sulfide) groups is 1. The summed E-state index contributed by atoms with van der Waals surface area (Å²) in [5, 5.41) is 9.80. The van der Waals surface area contributed by atoms with E-state index in [1.807, 2.05) is 19.1 Å². The van der Waals surface area contributed by atoms with Crippen LogP contribution in [0.2, 0.25) is 0 Å². The fourth-order valence-electron chi connectivity index (χ4n) is 1.36. The molecule has 0 amide bonds. The van der Waals surface area contributed by atoms with Gasteiger partial charge in [0.2, 0.25) is 0 Å². The summed E-state index contributed by atoms with van der Waals surface area (Å²) in [4.78, 5) is 6.33. The van der Waals surface area contributed by atoms with E-state index in [1.54, 1.807) is 11.8 Å². The number of aryl methyl sites for hydroxylation is 1. The fraction of sp³-hybridized carbons (Fsp3) is 0.167. The summed E-state index contributed by atoms with van der Waals surface area (Å²) in [7, 11) is 0. The fourth-order valence-corrected chi connectivity index (χ4v) is 2.63. The zero-order chi connectivity index (χ0) is 11.5. The quantitative estimate of drug-likeness (QED) is 0.758. The van der Waals surface area contributed by atoms with Crippen molar-refractivity contribution in [3.8, 4) is 16.6 Å². The van der Waals surface area contributed by atoms with E-state index in [9.17, 15) is 0 Å². The van der Waals surface area contributed by atoms with Crippen LogP contribution in [0.15, 0.2) is 29.2 Å². The van der Waals surface area contributed by atoms with Gasteiger partial charge in [0.05, 0.1) is 5.69 Å². The van der Waals surface area contributed by atoms with Gasteiger partial charge >= 0.3 is 0 Å². The molecule has 0 N–H and O–H groups in total. The SMILES string of the molecule is CSc1ccc(-c2nc(C)c(C#N)s2)cc1. The lowest BCUT2D eigenvalue weighted by molar-refractivity contribution is 1.25. The first-order chi connectivity index (χ1) is 7.74. The number of thiazole rings is 1. The number of benzene rings is 1. The van der Waals surface area contributed by atoms with E-state index >= 15 is 0 Å². The normalized spacial score (nSPS) is 10.1. The Labute approximate surface area is 103 Å². The van der Waals surface area contributed by atoms with Crippen LogP contribution >= 0.6 is 23.1 Å². The summed E-state index contributed by atoms with van der Waals surface area (Å²) in [5.74, 6) is 0. The van der Waals surface area contributed by atoms with Crippen molar-refractivity contribution >= 4 is 23.1 Å². The van der Waals surface area contributed by atoms with Crippen LogP contribution in [0, 0.1) is 18.3 Å². The molecule has 0 saturated carbocycles. The van der Waals surface area contributed by atoms with Crippen molar-refractivity contribution in [1.82, 2.24) is 4.98 Å². The molecule has 2 nitrogen and oxygen atoms in total. The van der Waals surface area contributed by atoms with E-state index in [2.05, 4.69) is 29.4 Å². The Morgan fingerprint density at radius 1 is 1.31 bits per heavy atom. The highest BCUT2D eigenvalue weighted by Crippen LogP contribution is 2.28. The standard InChI is InChI=1S/C12H10N2S2/c1-8-11(7-13)16-12(14-8)9-3-5-10(15-2)6-4-9/h3-6H,1-2H3. The summed E-state index contributed by atoms with van der Waals surface area (Å²) < 4.78 is 0. The molecule has 0 aliphatic heterocycles. The molecule has 0 bridgehead atoms. The molecule has 0 radical (unpaired) electrons. The summed E-state index contributed by atoms with van der Waals surface area (Å²) in [5.41, 5.74) is 1.89. The third-order valence-corrected chi connectivity index (χ3v) is 4.09. The van der Waals surface area contributed by atoms with Crippen LogP contribution in [-0.4, -0.2) is 11.2 Å². The monoisotopic (exact) mass is 246 g/mol. The van der Waals surface area contributed by atoms with E-state index in [0.717, 1.165) is 16.3 Å². The van der Waals surface area contributed by atoms with E-state index < -0.39 is 0 Å². The smallest absolute Gasteiger partial charge is 0.128 e. The number of hydrogen-bond donors (Lipinski definition) is 0. The largest absolute Gasteiger partial charge is 0.240 e. The van der Waals surface area contributed by atoms with Gasteiger partial charge in [-0.2, -0.15) is 5.26 Å². The second-order valence-corrected chi connectivity index (χ2v) is 5.15. The Hall–Kier alpha value is -1.31. The van der Waals surface area contributed by atoms with Crippen LogP contribution in [0.25, 0.3) is 10.6 Å². The Bertz CT molecular complexity index is 535. The summed E-state index contributed by atoms with van der Waals surface area (Å²) in [6.07, 6.45) is 2.05. The Balaban J connectivity index is 2.39. The van der Waals surface area contributed by atoms with E-state index in [-0.39, 0.29) is 0 Å². The first kappa shape index (κ1) is 11.2. The minimum Gasteiger partial charge on any atom is -0.240 e. The molecule has 0 unspecified atom stereocenters. The van der Waals surface area contributed by atoms with Crippen molar-refractivity contribution in [1.29, 1.82) is 5.26 Å². The highest BCUT2D eigenvalue weighted by Gasteiger charge is 2.08. The molecular formula is C12H10N2S2. The van der Waals surface area contributed by atoms with Gasteiger partial charge in [-0.25, -0.2) is 4.98 Å². The molecule has 0 aliphatic rings. The molecule has 1 heterocycles. The lowest BCUT2D eigenvalue weighted by Gasteiger charge is -1.98. The van der Waals surface area contributed by atoms with E-state index in [0.29, 0.717) is 4.88 Å². The molecule has 0 fully saturated rings. The summed E-state index contributed by atoms with van der Waals surface area (Å²) >= 11 is 3.16. The minimum absolute atomic E-state index is 0.698. The Morgan fingerprint density at radius 2 is 2.00 bits per heavy atom. The number of nitriles is 1. The van der Waals surface area contributed by atoms with Gasteiger partial charge in [-0.05, 0) is 25.3 Å². The van der Waals surface area contributed by atoms with Gasteiger partial charge < -0.3 is 0 Å². The van der Waals surface area contributed by atoms with Gasteiger partial charge in [-0.3, -0.25) is 0 Å². The van der Waals surface area contributed by atoms with Crippen LogP contribution in [0.1, 0.15) is 10.6 Å². The van der Waals surface area contributed by atoms with Gasteiger partial charge in [-0.1, -0.05) is 12.1 Å². The van der Waals surface area contributed by atoms with Crippen LogP contribution < -0.4 is 0 Å². The summed E-state index contributed by atoms with van der Waals surface area (Å²) in [6, 6.07) is 10.4. The maximum absolute atomic E-state index is 8.88. The lowest BCUT2D eigenvalue weighted by Crippen LogP contribution is -1.77. The van der Waals surface area contributed by atoms with Gasteiger partial charge in [-0.15, -0.1) is 23.1 Å². The van der Waals surface area contributed by atoms with Crippen molar-refractivity contribution < 1.29 is 0 Å². The molecule has 2 aromatic rings. The minimum atomic E-state index is 0.698. The highest BCUT2D eigenvalue weighted by atomic mass is 32.2.